The predicted molar refractivity (Wildman–Crippen MR) is 73.1 cm³/mol. The molecule has 0 unspecified atom stereocenters. The van der Waals surface area contributed by atoms with E-state index in [2.05, 4.69) is 5.32 Å². The lowest BCUT2D eigenvalue weighted by atomic mass is 10.3. The fourth-order valence-corrected chi connectivity index (χ4v) is 1.59. The number of likely N-dealkylation sites (N-methyl/N-ethyl adjacent to an activating group) is 1. The summed E-state index contributed by atoms with van der Waals surface area (Å²) < 4.78 is 5.37. The molecule has 0 heterocycles. The Bertz CT molecular complexity index is 500. The molecule has 1 fully saturated rings. The summed E-state index contributed by atoms with van der Waals surface area (Å²) in [6.45, 7) is -0.121. The molecule has 0 saturated heterocycles. The molecule has 1 saturated carbocycles. The second-order valence-electron chi connectivity index (χ2n) is 4.65. The van der Waals surface area contributed by atoms with Gasteiger partial charge in [-0.25, -0.2) is 5.06 Å². The highest BCUT2D eigenvalue weighted by Crippen LogP contribution is 2.30. The number of benzene rings is 1. The van der Waals surface area contributed by atoms with Crippen molar-refractivity contribution < 1.29 is 19.2 Å². The molecule has 0 atom stereocenters. The Morgan fingerprint density at radius 3 is 2.80 bits per heavy atom. The van der Waals surface area contributed by atoms with Crippen molar-refractivity contribution in [2.24, 2.45) is 5.92 Å². The number of carbonyl (C=O) groups excluding carboxylic acids is 2. The molecule has 6 nitrogen and oxygen atoms in total. The van der Waals surface area contributed by atoms with Crippen LogP contribution in [0.15, 0.2) is 24.3 Å². The van der Waals surface area contributed by atoms with Crippen molar-refractivity contribution in [3.63, 3.8) is 0 Å². The summed E-state index contributed by atoms with van der Waals surface area (Å²) in [5.41, 5.74) is 0.673. The monoisotopic (exact) mass is 278 g/mol. The van der Waals surface area contributed by atoms with Gasteiger partial charge in [0.25, 0.3) is 5.91 Å². The van der Waals surface area contributed by atoms with Crippen LogP contribution < -0.4 is 10.1 Å². The van der Waals surface area contributed by atoms with Gasteiger partial charge in [0.05, 0.1) is 7.11 Å². The summed E-state index contributed by atoms with van der Waals surface area (Å²) in [4.78, 5) is 27.9. The summed E-state index contributed by atoms with van der Waals surface area (Å²) in [5.74, 6) is 0.421. The van der Waals surface area contributed by atoms with Crippen LogP contribution in [0.25, 0.3) is 0 Å². The number of carbonyl (C=O) groups is 2. The lowest BCUT2D eigenvalue weighted by molar-refractivity contribution is -0.170. The molecule has 1 aromatic rings. The zero-order valence-corrected chi connectivity index (χ0v) is 11.6. The SMILES string of the molecule is CON(C)C(=O)COc1cccc(NC(=O)C2CC2)c1. The van der Waals surface area contributed by atoms with Crippen molar-refractivity contribution >= 4 is 17.5 Å². The summed E-state index contributed by atoms with van der Waals surface area (Å²) in [6, 6.07) is 6.98. The number of hydrogen-bond acceptors (Lipinski definition) is 4. The van der Waals surface area contributed by atoms with Crippen LogP contribution in [-0.2, 0) is 14.4 Å². The van der Waals surface area contributed by atoms with Crippen LogP contribution in [-0.4, -0.2) is 37.6 Å². The average Bonchev–Trinajstić information content (AvgIpc) is 3.28. The Balaban J connectivity index is 1.88. The molecule has 1 aromatic carbocycles. The Kier molecular flexibility index (Phi) is 4.57. The first-order valence-corrected chi connectivity index (χ1v) is 6.44. The largest absolute Gasteiger partial charge is 0.484 e. The molecule has 2 rings (SSSR count). The van der Waals surface area contributed by atoms with Gasteiger partial charge in [-0.15, -0.1) is 0 Å². The number of anilines is 1. The molecule has 1 aliphatic rings. The molecule has 2 amide bonds. The minimum atomic E-state index is -0.292. The molecule has 0 radical (unpaired) electrons. The Hall–Kier alpha value is -2.08. The minimum absolute atomic E-state index is 0.0392. The first-order chi connectivity index (χ1) is 9.60. The molecule has 1 aliphatic carbocycles. The number of amides is 2. The fourth-order valence-electron chi connectivity index (χ4n) is 1.59. The van der Waals surface area contributed by atoms with Gasteiger partial charge in [0.1, 0.15) is 5.75 Å². The van der Waals surface area contributed by atoms with Crippen LogP contribution in [0.5, 0.6) is 5.75 Å². The number of rotatable bonds is 6. The van der Waals surface area contributed by atoms with E-state index in [1.54, 1.807) is 24.3 Å². The molecule has 0 aromatic heterocycles. The normalized spacial score (nSPS) is 13.7. The van der Waals surface area contributed by atoms with E-state index in [0.717, 1.165) is 17.9 Å². The van der Waals surface area contributed by atoms with Gasteiger partial charge in [-0.1, -0.05) is 6.07 Å². The van der Waals surface area contributed by atoms with Crippen molar-refractivity contribution in [2.75, 3.05) is 26.1 Å². The lowest BCUT2D eigenvalue weighted by Crippen LogP contribution is -2.30. The maximum Gasteiger partial charge on any atom is 0.283 e. The number of nitrogens with zero attached hydrogens (tertiary/aromatic N) is 1. The zero-order valence-electron chi connectivity index (χ0n) is 11.6. The van der Waals surface area contributed by atoms with E-state index in [9.17, 15) is 9.59 Å². The van der Waals surface area contributed by atoms with Crippen molar-refractivity contribution in [2.45, 2.75) is 12.8 Å². The van der Waals surface area contributed by atoms with E-state index in [0.29, 0.717) is 11.4 Å². The number of hydroxylamine groups is 2. The highest BCUT2D eigenvalue weighted by molar-refractivity contribution is 5.94. The van der Waals surface area contributed by atoms with Crippen molar-refractivity contribution in [1.29, 1.82) is 0 Å². The van der Waals surface area contributed by atoms with E-state index in [1.807, 2.05) is 0 Å². The first kappa shape index (κ1) is 14.3. The van der Waals surface area contributed by atoms with Crippen molar-refractivity contribution in [3.05, 3.63) is 24.3 Å². The number of nitrogens with one attached hydrogen (secondary N) is 1. The summed E-state index contributed by atoms with van der Waals surface area (Å²) in [5, 5.41) is 3.92. The first-order valence-electron chi connectivity index (χ1n) is 6.44. The van der Waals surface area contributed by atoms with Gasteiger partial charge in [-0.05, 0) is 25.0 Å². The number of hydrogen-bond donors (Lipinski definition) is 1. The summed E-state index contributed by atoms with van der Waals surface area (Å²) >= 11 is 0. The molecular weight excluding hydrogens is 260 g/mol. The molecule has 108 valence electrons. The summed E-state index contributed by atoms with van der Waals surface area (Å²) in [7, 11) is 2.92. The van der Waals surface area contributed by atoms with Crippen LogP contribution in [0, 0.1) is 5.92 Å². The molecule has 0 spiro atoms. The quantitative estimate of drug-likeness (QED) is 0.799. The third kappa shape index (κ3) is 3.96. The zero-order chi connectivity index (χ0) is 14.5. The van der Waals surface area contributed by atoms with Gasteiger partial charge < -0.3 is 10.1 Å². The molecule has 20 heavy (non-hydrogen) atoms. The highest BCUT2D eigenvalue weighted by Gasteiger charge is 2.29. The second-order valence-corrected chi connectivity index (χ2v) is 4.65. The Morgan fingerprint density at radius 2 is 2.15 bits per heavy atom. The van der Waals surface area contributed by atoms with E-state index in [-0.39, 0.29) is 24.3 Å². The molecule has 6 heteroatoms. The van der Waals surface area contributed by atoms with Crippen LogP contribution in [0.3, 0.4) is 0 Å². The van der Waals surface area contributed by atoms with Gasteiger partial charge >= 0.3 is 0 Å². The Labute approximate surface area is 117 Å². The number of ether oxygens (including phenoxy) is 1. The highest BCUT2D eigenvalue weighted by atomic mass is 16.7. The van der Waals surface area contributed by atoms with Crippen LogP contribution in [0.2, 0.25) is 0 Å². The predicted octanol–water partition coefficient (Wildman–Crippen LogP) is 1.43. The van der Waals surface area contributed by atoms with Gasteiger partial charge in [-0.3, -0.25) is 14.4 Å². The van der Waals surface area contributed by atoms with E-state index in [1.165, 1.54) is 14.2 Å². The smallest absolute Gasteiger partial charge is 0.283 e. The Morgan fingerprint density at radius 1 is 1.40 bits per heavy atom. The van der Waals surface area contributed by atoms with Gasteiger partial charge in [0.2, 0.25) is 5.91 Å². The van der Waals surface area contributed by atoms with E-state index < -0.39 is 0 Å². The van der Waals surface area contributed by atoms with E-state index >= 15 is 0 Å². The van der Waals surface area contributed by atoms with Crippen molar-refractivity contribution in [3.8, 4) is 5.75 Å². The summed E-state index contributed by atoms with van der Waals surface area (Å²) in [6.07, 6.45) is 1.92. The molecular formula is C14H18N2O4. The second kappa shape index (κ2) is 6.38. The van der Waals surface area contributed by atoms with Crippen molar-refractivity contribution in [1.82, 2.24) is 5.06 Å². The fraction of sp³-hybridized carbons (Fsp3) is 0.429. The van der Waals surface area contributed by atoms with Crippen LogP contribution >= 0.6 is 0 Å². The molecule has 1 N–H and O–H groups in total. The topological polar surface area (TPSA) is 67.9 Å². The lowest BCUT2D eigenvalue weighted by Gasteiger charge is -2.14. The third-order valence-electron chi connectivity index (χ3n) is 3.04. The van der Waals surface area contributed by atoms with Gasteiger partial charge in [0, 0.05) is 24.7 Å². The third-order valence-corrected chi connectivity index (χ3v) is 3.04. The molecule has 0 aliphatic heterocycles. The minimum Gasteiger partial charge on any atom is -0.484 e. The molecule has 0 bridgehead atoms. The maximum atomic E-state index is 11.7. The standard InChI is InChI=1S/C14H18N2O4/c1-16(19-2)13(17)9-20-12-5-3-4-11(8-12)15-14(18)10-6-7-10/h3-5,8,10H,6-7,9H2,1-2H3,(H,15,18). The average molecular weight is 278 g/mol. The maximum absolute atomic E-state index is 11.7. The van der Waals surface area contributed by atoms with Gasteiger partial charge in [-0.2, -0.15) is 0 Å². The van der Waals surface area contributed by atoms with Crippen LogP contribution in [0.4, 0.5) is 5.69 Å². The van der Waals surface area contributed by atoms with Gasteiger partial charge in [0.15, 0.2) is 6.61 Å². The van der Waals surface area contributed by atoms with E-state index in [4.69, 9.17) is 9.57 Å². The van der Waals surface area contributed by atoms with Crippen LogP contribution in [0.1, 0.15) is 12.8 Å².